The fourth-order valence-corrected chi connectivity index (χ4v) is 2.38. The largest absolute Gasteiger partial charge is 0.573 e. The minimum absolute atomic E-state index is 0.0253. The molecule has 21 heavy (non-hydrogen) atoms. The van der Waals surface area contributed by atoms with Crippen LogP contribution in [0.25, 0.3) is 0 Å². The van der Waals surface area contributed by atoms with Crippen LogP contribution in [-0.4, -0.2) is 18.8 Å². The maximum absolute atomic E-state index is 12.2. The average molecular weight is 301 g/mol. The van der Waals surface area contributed by atoms with E-state index in [2.05, 4.69) is 10.1 Å². The second kappa shape index (κ2) is 6.37. The lowest BCUT2D eigenvalue weighted by Gasteiger charge is -2.10. The Hall–Kier alpha value is -1.72. The second-order valence-electron chi connectivity index (χ2n) is 5.28. The fourth-order valence-electron chi connectivity index (χ4n) is 2.38. The molecule has 1 amide bonds. The zero-order valence-electron chi connectivity index (χ0n) is 11.7. The zero-order chi connectivity index (χ0) is 15.5. The van der Waals surface area contributed by atoms with E-state index in [-0.39, 0.29) is 17.6 Å². The predicted molar refractivity (Wildman–Crippen MR) is 71.9 cm³/mol. The van der Waals surface area contributed by atoms with Crippen molar-refractivity contribution in [1.29, 1.82) is 0 Å². The third-order valence-corrected chi connectivity index (χ3v) is 3.48. The number of rotatable bonds is 6. The van der Waals surface area contributed by atoms with Crippen LogP contribution in [0.3, 0.4) is 0 Å². The number of amides is 1. The molecule has 1 aliphatic rings. The van der Waals surface area contributed by atoms with E-state index >= 15 is 0 Å². The molecule has 0 saturated heterocycles. The van der Waals surface area contributed by atoms with Crippen molar-refractivity contribution in [2.75, 3.05) is 6.54 Å². The minimum atomic E-state index is -4.67. The van der Waals surface area contributed by atoms with Gasteiger partial charge in [-0.25, -0.2) is 0 Å². The molecule has 0 radical (unpaired) electrons. The molecule has 1 aromatic rings. The highest BCUT2D eigenvalue weighted by Gasteiger charge is 2.39. The molecule has 1 fully saturated rings. The SMILES string of the molecule is CCCC(=O)NCC1CC1c1cccc(OC(F)(F)F)c1. The van der Waals surface area contributed by atoms with Crippen LogP contribution in [0.4, 0.5) is 13.2 Å². The van der Waals surface area contributed by atoms with Crippen molar-refractivity contribution >= 4 is 5.91 Å². The monoisotopic (exact) mass is 301 g/mol. The summed E-state index contributed by atoms with van der Waals surface area (Å²) in [4.78, 5) is 11.4. The Morgan fingerprint density at radius 1 is 1.43 bits per heavy atom. The molecule has 1 aromatic carbocycles. The van der Waals surface area contributed by atoms with Crippen LogP contribution in [0.2, 0.25) is 0 Å². The van der Waals surface area contributed by atoms with E-state index in [4.69, 9.17) is 0 Å². The third kappa shape index (κ3) is 4.95. The molecule has 6 heteroatoms. The van der Waals surface area contributed by atoms with Crippen LogP contribution in [0.1, 0.15) is 37.7 Å². The highest BCUT2D eigenvalue weighted by atomic mass is 19.4. The van der Waals surface area contributed by atoms with E-state index in [1.165, 1.54) is 12.1 Å². The molecule has 2 atom stereocenters. The molecule has 0 aromatic heterocycles. The first kappa shape index (κ1) is 15.7. The molecule has 116 valence electrons. The highest BCUT2D eigenvalue weighted by Crippen LogP contribution is 2.47. The molecule has 2 unspecified atom stereocenters. The Morgan fingerprint density at radius 3 is 2.86 bits per heavy atom. The first-order chi connectivity index (χ1) is 9.89. The van der Waals surface area contributed by atoms with E-state index in [1.54, 1.807) is 12.1 Å². The van der Waals surface area contributed by atoms with Gasteiger partial charge in [0.15, 0.2) is 0 Å². The molecule has 0 bridgehead atoms. The van der Waals surface area contributed by atoms with Crippen molar-refractivity contribution in [1.82, 2.24) is 5.32 Å². The number of hydrogen-bond acceptors (Lipinski definition) is 2. The van der Waals surface area contributed by atoms with Crippen LogP contribution in [0.15, 0.2) is 24.3 Å². The summed E-state index contributed by atoms with van der Waals surface area (Å²) in [6.45, 7) is 2.51. The summed E-state index contributed by atoms with van der Waals surface area (Å²) in [6.07, 6.45) is -2.49. The van der Waals surface area contributed by atoms with Gasteiger partial charge < -0.3 is 10.1 Å². The maximum Gasteiger partial charge on any atom is 0.573 e. The average Bonchev–Trinajstić information content (AvgIpc) is 3.14. The standard InChI is InChI=1S/C15H18F3NO2/c1-2-4-14(20)19-9-11-8-13(11)10-5-3-6-12(7-10)21-15(16,17)18/h3,5-7,11,13H,2,4,8-9H2,1H3,(H,19,20). The van der Waals surface area contributed by atoms with Crippen LogP contribution >= 0.6 is 0 Å². The van der Waals surface area contributed by atoms with Gasteiger partial charge >= 0.3 is 6.36 Å². The quantitative estimate of drug-likeness (QED) is 0.871. The molecular weight excluding hydrogens is 283 g/mol. The number of alkyl halides is 3. The lowest BCUT2D eigenvalue weighted by molar-refractivity contribution is -0.274. The van der Waals surface area contributed by atoms with Crippen LogP contribution in [-0.2, 0) is 4.79 Å². The Labute approximate surface area is 121 Å². The van der Waals surface area contributed by atoms with Crippen molar-refractivity contribution in [3.63, 3.8) is 0 Å². The maximum atomic E-state index is 12.2. The van der Waals surface area contributed by atoms with Gasteiger partial charge in [0.2, 0.25) is 5.91 Å². The molecule has 3 nitrogen and oxygen atoms in total. The lowest BCUT2D eigenvalue weighted by atomic mass is 10.1. The van der Waals surface area contributed by atoms with Gasteiger partial charge in [-0.15, -0.1) is 13.2 Å². The molecule has 1 aliphatic carbocycles. The van der Waals surface area contributed by atoms with Gasteiger partial charge in [-0.2, -0.15) is 0 Å². The normalized spacial score (nSPS) is 21.0. The Kier molecular flexibility index (Phi) is 4.75. The number of benzene rings is 1. The highest BCUT2D eigenvalue weighted by molar-refractivity contribution is 5.75. The van der Waals surface area contributed by atoms with Gasteiger partial charge in [0.1, 0.15) is 5.75 Å². The molecule has 1 N–H and O–H groups in total. The summed E-state index contributed by atoms with van der Waals surface area (Å²) in [7, 11) is 0. The lowest BCUT2D eigenvalue weighted by Crippen LogP contribution is -2.25. The number of nitrogens with one attached hydrogen (secondary N) is 1. The smallest absolute Gasteiger partial charge is 0.406 e. The van der Waals surface area contributed by atoms with Gasteiger partial charge in [0.05, 0.1) is 0 Å². The first-order valence-corrected chi connectivity index (χ1v) is 7.01. The number of carbonyl (C=O) groups excluding carboxylic acids is 1. The van der Waals surface area contributed by atoms with Gasteiger partial charge in [-0.3, -0.25) is 4.79 Å². The van der Waals surface area contributed by atoms with Crippen molar-refractivity contribution in [3.8, 4) is 5.75 Å². The Morgan fingerprint density at radius 2 is 2.19 bits per heavy atom. The van der Waals surface area contributed by atoms with Crippen LogP contribution in [0, 0.1) is 5.92 Å². The fraction of sp³-hybridized carbons (Fsp3) is 0.533. The zero-order valence-corrected chi connectivity index (χ0v) is 11.7. The van der Waals surface area contributed by atoms with Crippen molar-refractivity contribution in [3.05, 3.63) is 29.8 Å². The van der Waals surface area contributed by atoms with Crippen molar-refractivity contribution in [2.45, 2.75) is 38.5 Å². The summed E-state index contributed by atoms with van der Waals surface area (Å²) in [5, 5.41) is 2.85. The summed E-state index contributed by atoms with van der Waals surface area (Å²) in [6, 6.07) is 6.06. The summed E-state index contributed by atoms with van der Waals surface area (Å²) in [5.41, 5.74) is 0.825. The van der Waals surface area contributed by atoms with E-state index in [9.17, 15) is 18.0 Å². The van der Waals surface area contributed by atoms with E-state index in [1.807, 2.05) is 6.92 Å². The number of carbonyl (C=O) groups is 1. The summed E-state index contributed by atoms with van der Waals surface area (Å²) < 4.78 is 40.5. The van der Waals surface area contributed by atoms with Gasteiger partial charge in [0, 0.05) is 13.0 Å². The van der Waals surface area contributed by atoms with Gasteiger partial charge in [-0.1, -0.05) is 19.1 Å². The topological polar surface area (TPSA) is 38.3 Å². The van der Waals surface area contributed by atoms with Crippen LogP contribution in [0.5, 0.6) is 5.75 Å². The molecular formula is C15H18F3NO2. The van der Waals surface area contributed by atoms with Gasteiger partial charge in [-0.05, 0) is 42.4 Å². The summed E-state index contributed by atoms with van der Waals surface area (Å²) >= 11 is 0. The first-order valence-electron chi connectivity index (χ1n) is 7.01. The molecule has 0 aliphatic heterocycles. The van der Waals surface area contributed by atoms with E-state index < -0.39 is 6.36 Å². The molecule has 2 rings (SSSR count). The predicted octanol–water partition coefficient (Wildman–Crippen LogP) is 3.61. The third-order valence-electron chi connectivity index (χ3n) is 3.48. The van der Waals surface area contributed by atoms with E-state index in [0.29, 0.717) is 18.9 Å². The molecule has 0 heterocycles. The number of hydrogen-bond donors (Lipinski definition) is 1. The van der Waals surface area contributed by atoms with Gasteiger partial charge in [0.25, 0.3) is 0 Å². The Balaban J connectivity index is 1.87. The second-order valence-corrected chi connectivity index (χ2v) is 5.28. The number of ether oxygens (including phenoxy) is 1. The van der Waals surface area contributed by atoms with E-state index in [0.717, 1.165) is 18.4 Å². The van der Waals surface area contributed by atoms with Crippen LogP contribution < -0.4 is 10.1 Å². The van der Waals surface area contributed by atoms with Crippen molar-refractivity contribution < 1.29 is 22.7 Å². The molecule has 1 saturated carbocycles. The molecule has 0 spiro atoms. The Bertz CT molecular complexity index is 502. The van der Waals surface area contributed by atoms with Crippen molar-refractivity contribution in [2.24, 2.45) is 5.92 Å². The summed E-state index contributed by atoms with van der Waals surface area (Å²) in [5.74, 6) is 0.327. The number of halogens is 3. The minimum Gasteiger partial charge on any atom is -0.406 e.